The Balaban J connectivity index is 0.00000228. The van der Waals surface area contributed by atoms with E-state index in [-0.39, 0.29) is 48.8 Å². The molecule has 7 nitrogen and oxygen atoms in total. The number of pyridine rings is 1. The minimum Gasteiger partial charge on any atom is -0.375 e. The predicted molar refractivity (Wildman–Crippen MR) is 146 cm³/mol. The zero-order valence-electron chi connectivity index (χ0n) is 20.5. The zero-order valence-corrected chi connectivity index (χ0v) is 22.9. The summed E-state index contributed by atoms with van der Waals surface area (Å²) in [7, 11) is 1.51. The van der Waals surface area contributed by atoms with Crippen LogP contribution in [-0.4, -0.2) is 66.5 Å². The van der Waals surface area contributed by atoms with Crippen LogP contribution in [0.1, 0.15) is 42.9 Å². The number of ether oxygens (including phenoxy) is 1. The molecule has 2 aliphatic heterocycles. The number of rotatable bonds is 9. The minimum atomic E-state index is -0.224. The predicted octanol–water partition coefficient (Wildman–Crippen LogP) is 4.29. The number of piperidine rings is 1. The Morgan fingerprint density at radius 3 is 2.58 bits per heavy atom. The number of nitrogens with zero attached hydrogens (tertiary/aromatic N) is 3. The van der Waals surface area contributed by atoms with Crippen LogP contribution in [0.4, 0.5) is 0 Å². The van der Waals surface area contributed by atoms with Crippen molar-refractivity contribution in [3.63, 3.8) is 0 Å². The zero-order chi connectivity index (χ0) is 24.0. The van der Waals surface area contributed by atoms with Crippen LogP contribution in [0.15, 0.2) is 48.8 Å². The minimum absolute atomic E-state index is 0. The lowest BCUT2D eigenvalue weighted by atomic mass is 9.77. The van der Waals surface area contributed by atoms with E-state index in [9.17, 15) is 9.59 Å². The average molecular weight is 558 g/mol. The molecule has 1 unspecified atom stereocenters. The molecule has 2 saturated heterocycles. The number of likely N-dealkylation sites (tertiary alicyclic amines) is 2. The lowest BCUT2D eigenvalue weighted by molar-refractivity contribution is -0.139. The first kappa shape index (κ1) is 30.3. The fraction of sp³-hybridized carbons (Fsp3) is 0.500. The number of carbonyl (C=O) groups is 2. The van der Waals surface area contributed by atoms with Crippen LogP contribution in [0.3, 0.4) is 0 Å². The Morgan fingerprint density at radius 1 is 1.17 bits per heavy atom. The summed E-state index contributed by atoms with van der Waals surface area (Å²) >= 11 is 6.19. The Bertz CT molecular complexity index is 987. The Morgan fingerprint density at radius 2 is 1.92 bits per heavy atom. The molecule has 2 aliphatic rings. The standard InChI is InChI=1S/C26H33ClN4O3.2ClH/c1-34-19-24(32)29-23(21-5-2-6-22(27)16-21)7-12-30-13-8-26(9-14-30)10-15-31(25(26)33)18-20-4-3-11-28-17-20;;/h2-6,11,16-17,23H,7-10,12-15,18-19H2,1H3,(H,29,32);2*1H. The van der Waals surface area contributed by atoms with Gasteiger partial charge < -0.3 is 19.9 Å². The van der Waals surface area contributed by atoms with Crippen LogP contribution in [0.25, 0.3) is 0 Å². The second kappa shape index (κ2) is 14.1. The van der Waals surface area contributed by atoms with E-state index in [0.717, 1.165) is 63.0 Å². The van der Waals surface area contributed by atoms with Gasteiger partial charge in [-0.05, 0) is 68.1 Å². The molecule has 0 radical (unpaired) electrons. The van der Waals surface area contributed by atoms with Gasteiger partial charge in [0.1, 0.15) is 6.61 Å². The average Bonchev–Trinajstić information content (AvgIpc) is 3.13. The molecular weight excluding hydrogens is 523 g/mol. The highest BCUT2D eigenvalue weighted by atomic mass is 35.5. The van der Waals surface area contributed by atoms with Crippen molar-refractivity contribution in [2.45, 2.75) is 38.3 Å². The summed E-state index contributed by atoms with van der Waals surface area (Å²) in [4.78, 5) is 34.0. The van der Waals surface area contributed by atoms with E-state index in [0.29, 0.717) is 17.5 Å². The number of benzene rings is 1. The first-order chi connectivity index (χ1) is 16.5. The van der Waals surface area contributed by atoms with Crippen LogP contribution in [-0.2, 0) is 20.9 Å². The number of methoxy groups -OCH3 is 1. The molecule has 2 aromatic rings. The fourth-order valence-corrected chi connectivity index (χ4v) is 5.35. The Hall–Kier alpha value is -1.90. The maximum atomic E-state index is 13.3. The number of halogens is 3. The molecule has 1 atom stereocenters. The molecule has 4 rings (SSSR count). The molecule has 10 heteroatoms. The number of hydrogen-bond donors (Lipinski definition) is 1. The van der Waals surface area contributed by atoms with Crippen molar-refractivity contribution < 1.29 is 14.3 Å². The quantitative estimate of drug-likeness (QED) is 0.498. The van der Waals surface area contributed by atoms with Crippen molar-refractivity contribution in [1.82, 2.24) is 20.1 Å². The van der Waals surface area contributed by atoms with Gasteiger partial charge in [0.05, 0.1) is 11.5 Å². The molecule has 1 aromatic carbocycles. The smallest absolute Gasteiger partial charge is 0.246 e. The highest BCUT2D eigenvalue weighted by Crippen LogP contribution is 2.42. The number of nitrogens with one attached hydrogen (secondary N) is 1. The summed E-state index contributed by atoms with van der Waals surface area (Å²) in [6.45, 7) is 4.10. The molecule has 1 spiro atoms. The fourth-order valence-electron chi connectivity index (χ4n) is 5.15. The van der Waals surface area contributed by atoms with Crippen molar-refractivity contribution in [2.24, 2.45) is 5.41 Å². The summed E-state index contributed by atoms with van der Waals surface area (Å²) in [5.74, 6) is 0.148. The molecule has 2 amide bonds. The van der Waals surface area contributed by atoms with Crippen molar-refractivity contribution in [1.29, 1.82) is 0 Å². The van der Waals surface area contributed by atoms with Crippen LogP contribution >= 0.6 is 36.4 Å². The van der Waals surface area contributed by atoms with Crippen LogP contribution in [0, 0.1) is 5.41 Å². The Kier molecular flexibility index (Phi) is 11.9. The maximum Gasteiger partial charge on any atom is 0.246 e. The van der Waals surface area contributed by atoms with Gasteiger partial charge >= 0.3 is 0 Å². The van der Waals surface area contributed by atoms with E-state index < -0.39 is 0 Å². The van der Waals surface area contributed by atoms with Crippen LogP contribution < -0.4 is 5.32 Å². The molecular formula is C26H35Cl3N4O3. The summed E-state index contributed by atoms with van der Waals surface area (Å²) < 4.78 is 4.98. The van der Waals surface area contributed by atoms with Gasteiger partial charge in [-0.2, -0.15) is 0 Å². The molecule has 36 heavy (non-hydrogen) atoms. The van der Waals surface area contributed by atoms with E-state index >= 15 is 0 Å². The van der Waals surface area contributed by atoms with Gasteiger partial charge in [0, 0.05) is 44.2 Å². The monoisotopic (exact) mass is 556 g/mol. The molecule has 3 heterocycles. The van der Waals surface area contributed by atoms with E-state index in [2.05, 4.69) is 15.2 Å². The van der Waals surface area contributed by atoms with E-state index in [4.69, 9.17) is 16.3 Å². The SMILES string of the molecule is COCC(=O)NC(CCN1CCC2(CC1)CCN(Cc1cccnc1)C2=O)c1cccc(Cl)c1.Cl.Cl. The van der Waals surface area contributed by atoms with Crippen LogP contribution in [0.2, 0.25) is 5.02 Å². The first-order valence-electron chi connectivity index (χ1n) is 11.9. The maximum absolute atomic E-state index is 13.3. The van der Waals surface area contributed by atoms with Gasteiger partial charge in [0.2, 0.25) is 11.8 Å². The van der Waals surface area contributed by atoms with Gasteiger partial charge in [0.15, 0.2) is 0 Å². The lowest BCUT2D eigenvalue weighted by Crippen LogP contribution is -2.45. The molecule has 0 aliphatic carbocycles. The van der Waals surface area contributed by atoms with Crippen molar-refractivity contribution in [3.8, 4) is 0 Å². The number of hydrogen-bond acceptors (Lipinski definition) is 5. The second-order valence-electron chi connectivity index (χ2n) is 9.36. The van der Waals surface area contributed by atoms with Crippen LogP contribution in [0.5, 0.6) is 0 Å². The third-order valence-electron chi connectivity index (χ3n) is 7.11. The topological polar surface area (TPSA) is 74.8 Å². The molecule has 0 saturated carbocycles. The highest BCUT2D eigenvalue weighted by molar-refractivity contribution is 6.30. The molecule has 1 aromatic heterocycles. The Labute approximate surface area is 230 Å². The summed E-state index contributed by atoms with van der Waals surface area (Å²) in [6, 6.07) is 11.4. The van der Waals surface area contributed by atoms with E-state index in [1.165, 1.54) is 7.11 Å². The first-order valence-corrected chi connectivity index (χ1v) is 12.3. The van der Waals surface area contributed by atoms with Crippen molar-refractivity contribution in [3.05, 3.63) is 64.9 Å². The van der Waals surface area contributed by atoms with Crippen molar-refractivity contribution in [2.75, 3.05) is 39.9 Å². The lowest BCUT2D eigenvalue weighted by Gasteiger charge is -2.38. The molecule has 2 fully saturated rings. The third-order valence-corrected chi connectivity index (χ3v) is 7.34. The summed E-state index contributed by atoms with van der Waals surface area (Å²) in [5.41, 5.74) is 1.84. The van der Waals surface area contributed by atoms with Gasteiger partial charge in [-0.3, -0.25) is 14.6 Å². The van der Waals surface area contributed by atoms with Gasteiger partial charge in [-0.1, -0.05) is 29.8 Å². The molecule has 1 N–H and O–H groups in total. The largest absolute Gasteiger partial charge is 0.375 e. The summed E-state index contributed by atoms with van der Waals surface area (Å²) in [5, 5.41) is 3.72. The van der Waals surface area contributed by atoms with Gasteiger partial charge in [0.25, 0.3) is 0 Å². The van der Waals surface area contributed by atoms with E-state index in [1.807, 2.05) is 47.5 Å². The number of aromatic nitrogens is 1. The third kappa shape index (κ3) is 7.56. The van der Waals surface area contributed by atoms with Crippen molar-refractivity contribution >= 4 is 48.2 Å². The molecule has 0 bridgehead atoms. The number of carbonyl (C=O) groups excluding carboxylic acids is 2. The van der Waals surface area contributed by atoms with Gasteiger partial charge in [-0.15, -0.1) is 24.8 Å². The highest BCUT2D eigenvalue weighted by Gasteiger charge is 2.47. The summed E-state index contributed by atoms with van der Waals surface area (Å²) in [6.07, 6.45) is 7.05. The van der Waals surface area contributed by atoms with E-state index in [1.54, 1.807) is 6.20 Å². The number of amides is 2. The van der Waals surface area contributed by atoms with Gasteiger partial charge in [-0.25, -0.2) is 0 Å². The molecule has 198 valence electrons. The normalized spacial score (nSPS) is 17.8. The second-order valence-corrected chi connectivity index (χ2v) is 9.79.